The predicted molar refractivity (Wildman–Crippen MR) is 74.6 cm³/mol. The number of hydrogen-bond donors (Lipinski definition) is 1. The molecule has 0 saturated heterocycles. The lowest BCUT2D eigenvalue weighted by atomic mass is 10.1. The number of methoxy groups -OCH3 is 1. The van der Waals surface area contributed by atoms with E-state index in [0.717, 1.165) is 22.6 Å². The minimum atomic E-state index is 0.526. The molecule has 0 atom stereocenters. The van der Waals surface area contributed by atoms with Crippen molar-refractivity contribution < 1.29 is 4.74 Å². The van der Waals surface area contributed by atoms with Crippen molar-refractivity contribution in [1.82, 2.24) is 0 Å². The summed E-state index contributed by atoms with van der Waals surface area (Å²) in [6.45, 7) is 2.02. The van der Waals surface area contributed by atoms with Gasteiger partial charge in [-0.05, 0) is 36.8 Å². The highest BCUT2D eigenvalue weighted by Gasteiger charge is 2.02. The molecule has 2 N–H and O–H groups in total. The van der Waals surface area contributed by atoms with Crippen LogP contribution >= 0.6 is 0 Å². The first-order valence-corrected chi connectivity index (χ1v) is 5.75. The lowest BCUT2D eigenvalue weighted by molar-refractivity contribution is 0.415. The number of aliphatic imine (C=N–C) groups is 1. The maximum atomic E-state index is 6.02. The van der Waals surface area contributed by atoms with Crippen LogP contribution in [0.2, 0.25) is 0 Å². The first kappa shape index (κ1) is 12.2. The number of benzene rings is 2. The van der Waals surface area contributed by atoms with Gasteiger partial charge in [0.1, 0.15) is 11.6 Å². The van der Waals surface area contributed by atoms with Crippen molar-refractivity contribution in [1.29, 1.82) is 0 Å². The normalized spacial score (nSPS) is 11.3. The van der Waals surface area contributed by atoms with Crippen LogP contribution in [0.3, 0.4) is 0 Å². The summed E-state index contributed by atoms with van der Waals surface area (Å²) in [6, 6.07) is 15.4. The Hall–Kier alpha value is -2.29. The Morgan fingerprint density at radius 3 is 2.33 bits per heavy atom. The molecular weight excluding hydrogens is 224 g/mol. The van der Waals surface area contributed by atoms with Crippen LogP contribution in [0.1, 0.15) is 11.1 Å². The van der Waals surface area contributed by atoms with E-state index in [2.05, 4.69) is 4.99 Å². The minimum Gasteiger partial charge on any atom is -0.497 e. The van der Waals surface area contributed by atoms with Gasteiger partial charge in [-0.2, -0.15) is 0 Å². The van der Waals surface area contributed by atoms with Crippen LogP contribution < -0.4 is 10.5 Å². The summed E-state index contributed by atoms with van der Waals surface area (Å²) in [5.74, 6) is 1.33. The third-order valence-corrected chi connectivity index (χ3v) is 2.74. The van der Waals surface area contributed by atoms with Gasteiger partial charge in [0.2, 0.25) is 0 Å². The molecule has 0 amide bonds. The summed E-state index contributed by atoms with van der Waals surface area (Å²) < 4.78 is 5.10. The summed E-state index contributed by atoms with van der Waals surface area (Å²) >= 11 is 0. The largest absolute Gasteiger partial charge is 0.497 e. The van der Waals surface area contributed by atoms with E-state index in [-0.39, 0.29) is 0 Å². The highest BCUT2D eigenvalue weighted by atomic mass is 16.5. The van der Waals surface area contributed by atoms with Crippen LogP contribution in [0.4, 0.5) is 5.69 Å². The summed E-state index contributed by atoms with van der Waals surface area (Å²) in [5, 5.41) is 0. The summed E-state index contributed by atoms with van der Waals surface area (Å²) in [7, 11) is 1.64. The maximum Gasteiger partial charge on any atom is 0.131 e. The molecule has 2 aromatic rings. The van der Waals surface area contributed by atoms with Gasteiger partial charge in [-0.15, -0.1) is 0 Å². The fourth-order valence-electron chi connectivity index (χ4n) is 1.72. The van der Waals surface area contributed by atoms with E-state index in [1.54, 1.807) is 7.11 Å². The number of nitrogens with two attached hydrogens (primary N) is 1. The molecule has 0 radical (unpaired) electrons. The van der Waals surface area contributed by atoms with Crippen molar-refractivity contribution >= 4 is 11.5 Å². The quantitative estimate of drug-likeness (QED) is 0.662. The first-order chi connectivity index (χ1) is 8.70. The molecule has 3 heteroatoms. The van der Waals surface area contributed by atoms with Gasteiger partial charge in [0, 0.05) is 5.56 Å². The topological polar surface area (TPSA) is 47.6 Å². The van der Waals surface area contributed by atoms with Gasteiger partial charge in [0.05, 0.1) is 12.8 Å². The number of rotatable bonds is 3. The lowest BCUT2D eigenvalue weighted by Crippen LogP contribution is -2.14. The Balaban J connectivity index is 2.29. The molecule has 0 saturated carbocycles. The van der Waals surface area contributed by atoms with E-state index in [0.29, 0.717) is 5.84 Å². The molecule has 0 fully saturated rings. The Bertz CT molecular complexity index is 559. The molecule has 0 heterocycles. The first-order valence-electron chi connectivity index (χ1n) is 5.75. The molecule has 0 aliphatic rings. The van der Waals surface area contributed by atoms with Crippen LogP contribution in [0, 0.1) is 6.92 Å². The van der Waals surface area contributed by atoms with E-state index >= 15 is 0 Å². The maximum absolute atomic E-state index is 6.02. The third-order valence-electron chi connectivity index (χ3n) is 2.74. The standard InChI is InChI=1S/C15H16N2O/c1-11-5-3-4-6-14(11)15(16)17-12-7-9-13(18-2)10-8-12/h3-10H,1-2H3,(H2,16,17). The van der Waals surface area contributed by atoms with Gasteiger partial charge >= 0.3 is 0 Å². The molecular formula is C15H16N2O. The predicted octanol–water partition coefficient (Wildman–Crippen LogP) is 3.04. The van der Waals surface area contributed by atoms with Crippen LogP contribution in [0.15, 0.2) is 53.5 Å². The van der Waals surface area contributed by atoms with Crippen molar-refractivity contribution in [3.8, 4) is 5.75 Å². The van der Waals surface area contributed by atoms with E-state index in [1.807, 2.05) is 55.5 Å². The average molecular weight is 240 g/mol. The van der Waals surface area contributed by atoms with Gasteiger partial charge in [-0.3, -0.25) is 0 Å². The second kappa shape index (κ2) is 5.36. The molecule has 3 nitrogen and oxygen atoms in total. The number of ether oxygens (including phenoxy) is 1. The molecule has 18 heavy (non-hydrogen) atoms. The second-order valence-corrected chi connectivity index (χ2v) is 4.01. The van der Waals surface area contributed by atoms with Crippen molar-refractivity contribution in [2.24, 2.45) is 10.7 Å². The fraction of sp³-hybridized carbons (Fsp3) is 0.133. The average Bonchev–Trinajstić information content (AvgIpc) is 2.40. The highest BCUT2D eigenvalue weighted by molar-refractivity contribution is 6.00. The molecule has 0 aliphatic heterocycles. The Labute approximate surface area is 107 Å². The molecule has 0 unspecified atom stereocenters. The van der Waals surface area contributed by atoms with E-state index < -0.39 is 0 Å². The number of amidine groups is 1. The zero-order valence-electron chi connectivity index (χ0n) is 10.6. The van der Waals surface area contributed by atoms with Crippen molar-refractivity contribution in [3.63, 3.8) is 0 Å². The number of hydrogen-bond acceptors (Lipinski definition) is 2. The van der Waals surface area contributed by atoms with Crippen LogP contribution in [0.5, 0.6) is 5.75 Å². The molecule has 2 aromatic carbocycles. The van der Waals surface area contributed by atoms with Gasteiger partial charge in [-0.1, -0.05) is 24.3 Å². The monoisotopic (exact) mass is 240 g/mol. The van der Waals surface area contributed by atoms with Crippen molar-refractivity contribution in [3.05, 3.63) is 59.7 Å². The van der Waals surface area contributed by atoms with Gasteiger partial charge in [-0.25, -0.2) is 4.99 Å². The van der Waals surface area contributed by atoms with E-state index in [9.17, 15) is 0 Å². The molecule has 2 rings (SSSR count). The van der Waals surface area contributed by atoms with E-state index in [1.165, 1.54) is 0 Å². The zero-order valence-corrected chi connectivity index (χ0v) is 10.6. The van der Waals surface area contributed by atoms with Crippen LogP contribution in [0.25, 0.3) is 0 Å². The number of aryl methyl sites for hydroxylation is 1. The summed E-state index contributed by atoms with van der Waals surface area (Å²) in [4.78, 5) is 4.40. The Kier molecular flexibility index (Phi) is 3.63. The second-order valence-electron chi connectivity index (χ2n) is 4.01. The van der Waals surface area contributed by atoms with Crippen molar-refractivity contribution in [2.45, 2.75) is 6.92 Å². The third kappa shape index (κ3) is 2.69. The lowest BCUT2D eigenvalue weighted by Gasteiger charge is -2.05. The van der Waals surface area contributed by atoms with Gasteiger partial charge in [0.15, 0.2) is 0 Å². The zero-order chi connectivity index (χ0) is 13.0. The van der Waals surface area contributed by atoms with Crippen LogP contribution in [-0.2, 0) is 0 Å². The van der Waals surface area contributed by atoms with Gasteiger partial charge < -0.3 is 10.5 Å². The molecule has 92 valence electrons. The minimum absolute atomic E-state index is 0.526. The smallest absolute Gasteiger partial charge is 0.131 e. The van der Waals surface area contributed by atoms with E-state index in [4.69, 9.17) is 10.5 Å². The molecule has 0 aliphatic carbocycles. The highest BCUT2D eigenvalue weighted by Crippen LogP contribution is 2.18. The SMILES string of the molecule is COc1ccc(N=C(N)c2ccccc2C)cc1. The number of nitrogens with zero attached hydrogens (tertiary/aromatic N) is 1. The molecule has 0 aromatic heterocycles. The van der Waals surface area contributed by atoms with Crippen LogP contribution in [-0.4, -0.2) is 12.9 Å². The fourth-order valence-corrected chi connectivity index (χ4v) is 1.72. The molecule has 0 spiro atoms. The van der Waals surface area contributed by atoms with Gasteiger partial charge in [0.25, 0.3) is 0 Å². The summed E-state index contributed by atoms with van der Waals surface area (Å²) in [6.07, 6.45) is 0. The molecule has 0 bridgehead atoms. The Morgan fingerprint density at radius 1 is 1.06 bits per heavy atom. The summed E-state index contributed by atoms with van der Waals surface area (Å²) in [5.41, 5.74) is 8.92. The van der Waals surface area contributed by atoms with Crippen molar-refractivity contribution in [2.75, 3.05) is 7.11 Å². The Morgan fingerprint density at radius 2 is 1.72 bits per heavy atom.